The van der Waals surface area contributed by atoms with Gasteiger partial charge in [-0.1, -0.05) is 26.2 Å². The number of halogens is 1. The van der Waals surface area contributed by atoms with Gasteiger partial charge in [-0.2, -0.15) is 0 Å². The SMILES string of the molecule is COC(=O)c1cc(Br)c(CN=[N+]=[N-])cc1N=[N+]=[N-]. The normalized spacial score (nSPS) is 9.00. The van der Waals surface area contributed by atoms with Crippen molar-refractivity contribution < 1.29 is 9.53 Å². The van der Waals surface area contributed by atoms with Crippen LogP contribution in [-0.4, -0.2) is 13.1 Å². The van der Waals surface area contributed by atoms with Crippen LogP contribution in [0.25, 0.3) is 20.9 Å². The van der Waals surface area contributed by atoms with Gasteiger partial charge in [-0.3, -0.25) is 0 Å². The number of hydrogen-bond acceptors (Lipinski definition) is 4. The largest absolute Gasteiger partial charge is 0.465 e. The highest BCUT2D eigenvalue weighted by Crippen LogP contribution is 2.29. The van der Waals surface area contributed by atoms with E-state index in [2.05, 4.69) is 40.7 Å². The minimum Gasteiger partial charge on any atom is -0.465 e. The zero-order valence-corrected chi connectivity index (χ0v) is 10.8. The van der Waals surface area contributed by atoms with Gasteiger partial charge in [0.15, 0.2) is 0 Å². The number of carbonyl (C=O) groups is 1. The van der Waals surface area contributed by atoms with Crippen LogP contribution in [-0.2, 0) is 11.3 Å². The van der Waals surface area contributed by atoms with Gasteiger partial charge in [-0.05, 0) is 28.8 Å². The predicted molar refractivity (Wildman–Crippen MR) is 67.1 cm³/mol. The maximum atomic E-state index is 11.5. The van der Waals surface area contributed by atoms with E-state index >= 15 is 0 Å². The number of azide groups is 2. The maximum Gasteiger partial charge on any atom is 0.338 e. The first kappa shape index (κ1) is 13.9. The van der Waals surface area contributed by atoms with Gasteiger partial charge in [0.25, 0.3) is 0 Å². The molecule has 0 unspecified atom stereocenters. The average molecular weight is 311 g/mol. The molecule has 0 saturated carbocycles. The van der Waals surface area contributed by atoms with E-state index in [4.69, 9.17) is 11.1 Å². The van der Waals surface area contributed by atoms with E-state index in [-0.39, 0.29) is 17.8 Å². The Morgan fingerprint density at radius 1 is 1.44 bits per heavy atom. The van der Waals surface area contributed by atoms with Crippen molar-refractivity contribution >= 4 is 27.6 Å². The zero-order valence-electron chi connectivity index (χ0n) is 9.24. The fraction of sp³-hybridized carbons (Fsp3) is 0.222. The molecule has 0 aliphatic heterocycles. The van der Waals surface area contributed by atoms with Gasteiger partial charge in [0.05, 0.1) is 24.9 Å². The summed E-state index contributed by atoms with van der Waals surface area (Å²) in [7, 11) is 1.23. The van der Waals surface area contributed by atoms with Gasteiger partial charge < -0.3 is 4.74 Å². The lowest BCUT2D eigenvalue weighted by molar-refractivity contribution is 0.0601. The van der Waals surface area contributed by atoms with Crippen LogP contribution >= 0.6 is 15.9 Å². The van der Waals surface area contributed by atoms with Crippen molar-refractivity contribution in [1.29, 1.82) is 0 Å². The first-order valence-electron chi connectivity index (χ1n) is 4.60. The molecular weight excluding hydrogens is 304 g/mol. The topological polar surface area (TPSA) is 124 Å². The van der Waals surface area contributed by atoms with E-state index < -0.39 is 5.97 Å². The number of carbonyl (C=O) groups excluding carboxylic acids is 1. The van der Waals surface area contributed by atoms with E-state index in [1.165, 1.54) is 19.2 Å². The number of methoxy groups -OCH3 is 1. The lowest BCUT2D eigenvalue weighted by Gasteiger charge is -2.07. The van der Waals surface area contributed by atoms with Crippen LogP contribution in [0.4, 0.5) is 5.69 Å². The van der Waals surface area contributed by atoms with Gasteiger partial charge in [-0.15, -0.1) is 0 Å². The Kier molecular flexibility index (Phi) is 5.01. The Balaban J connectivity index is 3.37. The van der Waals surface area contributed by atoms with Crippen LogP contribution < -0.4 is 0 Å². The van der Waals surface area contributed by atoms with Gasteiger partial charge in [-0.25, -0.2) is 4.79 Å². The zero-order chi connectivity index (χ0) is 13.5. The highest BCUT2D eigenvalue weighted by Gasteiger charge is 2.14. The summed E-state index contributed by atoms with van der Waals surface area (Å²) < 4.78 is 5.14. The van der Waals surface area contributed by atoms with Crippen molar-refractivity contribution in [3.63, 3.8) is 0 Å². The van der Waals surface area contributed by atoms with Crippen molar-refractivity contribution in [3.05, 3.63) is 48.6 Å². The second-order valence-electron chi connectivity index (χ2n) is 3.03. The van der Waals surface area contributed by atoms with E-state index in [1.807, 2.05) is 0 Å². The first-order chi connectivity index (χ1) is 8.63. The molecule has 0 aliphatic carbocycles. The lowest BCUT2D eigenvalue weighted by atomic mass is 10.1. The number of ether oxygens (including phenoxy) is 1. The molecule has 0 N–H and O–H groups in total. The summed E-state index contributed by atoms with van der Waals surface area (Å²) in [5.41, 5.74) is 17.6. The molecule has 1 rings (SSSR count). The Morgan fingerprint density at radius 3 is 2.72 bits per heavy atom. The van der Waals surface area contributed by atoms with Crippen LogP contribution in [0.1, 0.15) is 15.9 Å². The molecule has 0 atom stereocenters. The second kappa shape index (κ2) is 6.51. The number of benzene rings is 1. The molecule has 0 aromatic heterocycles. The Hall–Kier alpha value is -2.21. The molecule has 0 aliphatic rings. The average Bonchev–Trinajstić information content (AvgIpc) is 2.38. The summed E-state index contributed by atoms with van der Waals surface area (Å²) in [4.78, 5) is 16.7. The third-order valence-corrected chi connectivity index (χ3v) is 2.76. The molecule has 92 valence electrons. The van der Waals surface area contributed by atoms with E-state index in [0.29, 0.717) is 10.0 Å². The summed E-state index contributed by atoms with van der Waals surface area (Å²) in [5, 5.41) is 6.81. The quantitative estimate of drug-likeness (QED) is 0.361. The fourth-order valence-corrected chi connectivity index (χ4v) is 1.71. The van der Waals surface area contributed by atoms with Crippen molar-refractivity contribution in [2.24, 2.45) is 10.2 Å². The van der Waals surface area contributed by atoms with Gasteiger partial charge in [0.2, 0.25) is 0 Å². The summed E-state index contributed by atoms with van der Waals surface area (Å²) in [6, 6.07) is 2.92. The summed E-state index contributed by atoms with van der Waals surface area (Å²) >= 11 is 3.23. The Morgan fingerprint density at radius 2 is 2.17 bits per heavy atom. The Bertz CT molecular complexity index is 575. The predicted octanol–water partition coefficient (Wildman–Crippen LogP) is 3.99. The third kappa shape index (κ3) is 3.14. The van der Waals surface area contributed by atoms with Crippen LogP contribution in [0.5, 0.6) is 0 Å². The summed E-state index contributed by atoms with van der Waals surface area (Å²) in [6.07, 6.45) is 0. The number of rotatable bonds is 4. The molecule has 0 amide bonds. The molecule has 9 heteroatoms. The smallest absolute Gasteiger partial charge is 0.338 e. The maximum absolute atomic E-state index is 11.5. The van der Waals surface area contributed by atoms with E-state index in [9.17, 15) is 4.79 Å². The van der Waals surface area contributed by atoms with Crippen molar-refractivity contribution in [2.75, 3.05) is 7.11 Å². The monoisotopic (exact) mass is 310 g/mol. The van der Waals surface area contributed by atoms with Crippen molar-refractivity contribution in [2.45, 2.75) is 6.54 Å². The summed E-state index contributed by atoms with van der Waals surface area (Å²) in [6.45, 7) is 0.0759. The van der Waals surface area contributed by atoms with Crippen molar-refractivity contribution in [3.8, 4) is 0 Å². The minimum absolute atomic E-state index is 0.0759. The van der Waals surface area contributed by atoms with Gasteiger partial charge >= 0.3 is 5.97 Å². The highest BCUT2D eigenvalue weighted by atomic mass is 79.9. The van der Waals surface area contributed by atoms with Crippen molar-refractivity contribution in [1.82, 2.24) is 0 Å². The summed E-state index contributed by atoms with van der Waals surface area (Å²) in [5.74, 6) is -0.617. The molecule has 0 heterocycles. The minimum atomic E-state index is -0.617. The number of nitrogens with zero attached hydrogens (tertiary/aromatic N) is 6. The standard InChI is InChI=1S/C9H7BrN6O2/c1-18-9(17)6-3-7(10)5(4-13-15-11)2-8(6)14-16-12/h2-3H,4H2,1H3. The first-order valence-corrected chi connectivity index (χ1v) is 5.40. The molecular formula is C9H7BrN6O2. The molecule has 1 aromatic carbocycles. The van der Waals surface area contributed by atoms with Crippen LogP contribution in [0.2, 0.25) is 0 Å². The molecule has 1 aromatic rings. The third-order valence-electron chi connectivity index (χ3n) is 2.03. The lowest BCUT2D eigenvalue weighted by Crippen LogP contribution is -2.02. The number of hydrogen-bond donors (Lipinski definition) is 0. The molecule has 0 spiro atoms. The van der Waals surface area contributed by atoms with Crippen LogP contribution in [0.15, 0.2) is 26.8 Å². The molecule has 18 heavy (non-hydrogen) atoms. The molecule has 0 radical (unpaired) electrons. The highest BCUT2D eigenvalue weighted by molar-refractivity contribution is 9.10. The Labute approximate surface area is 110 Å². The molecule has 8 nitrogen and oxygen atoms in total. The molecule has 0 bridgehead atoms. The van der Waals surface area contributed by atoms with Gasteiger partial charge in [0, 0.05) is 14.3 Å². The van der Waals surface area contributed by atoms with E-state index in [0.717, 1.165) is 0 Å². The van der Waals surface area contributed by atoms with Crippen LogP contribution in [0.3, 0.4) is 0 Å². The second-order valence-corrected chi connectivity index (χ2v) is 3.89. The van der Waals surface area contributed by atoms with Crippen LogP contribution in [0, 0.1) is 0 Å². The fourth-order valence-electron chi connectivity index (χ4n) is 1.24. The molecule has 0 saturated heterocycles. The van der Waals surface area contributed by atoms with E-state index in [1.54, 1.807) is 0 Å². The molecule has 0 fully saturated rings. The number of esters is 1. The van der Waals surface area contributed by atoms with Gasteiger partial charge in [0.1, 0.15) is 0 Å².